The molecule has 10 heteroatoms. The molecule has 0 amide bonds. The quantitative estimate of drug-likeness (QED) is 0.279. The van der Waals surface area contributed by atoms with Crippen molar-refractivity contribution in [3.05, 3.63) is 28.7 Å². The Balaban J connectivity index is 0.000000621. The second kappa shape index (κ2) is 7.56. The molecule has 0 aliphatic rings. The van der Waals surface area contributed by atoms with Gasteiger partial charge in [0.2, 0.25) is 0 Å². The minimum atomic E-state index is -6.00. The summed E-state index contributed by atoms with van der Waals surface area (Å²) in [4.78, 5) is 15.7. The summed E-state index contributed by atoms with van der Waals surface area (Å²) in [5.41, 5.74) is -0.237. The number of aromatic nitrogens is 1. The molecule has 0 aliphatic heterocycles. The topological polar surface area (TPSA) is 48.3 Å². The normalized spacial score (nSPS) is 10.2. The van der Waals surface area contributed by atoms with Crippen LogP contribution < -0.4 is 10.3 Å². The van der Waals surface area contributed by atoms with E-state index in [1.165, 1.54) is 0 Å². The number of hydrogen-bond donors (Lipinski definition) is 1. The lowest BCUT2D eigenvalue weighted by Gasteiger charge is -2.10. The maximum absolute atomic E-state index is 11.4. The average Bonchev–Trinajstić information content (AvgIpc) is 2.24. The van der Waals surface area contributed by atoms with E-state index in [2.05, 4.69) is 4.98 Å². The van der Waals surface area contributed by atoms with Gasteiger partial charge in [0.05, 0.1) is 28.2 Å². The zero-order valence-electron chi connectivity index (χ0n) is 11.5. The number of nitrogens with zero attached hydrogens (tertiary/aromatic N) is 2. The monoisotopic (exact) mass is 297 g/mol. The van der Waals surface area contributed by atoms with Crippen LogP contribution in [0.5, 0.6) is 5.75 Å². The van der Waals surface area contributed by atoms with Gasteiger partial charge in [-0.3, -0.25) is 4.79 Å². The number of aromatic amines is 1. The molecule has 114 valence electrons. The molecule has 0 fully saturated rings. The fraction of sp³-hybridized carbons (Fsp3) is 0.400. The van der Waals surface area contributed by atoms with Gasteiger partial charge in [0, 0.05) is 6.20 Å². The fourth-order valence-corrected chi connectivity index (χ4v) is 1.17. The van der Waals surface area contributed by atoms with E-state index in [0.717, 1.165) is 0 Å². The molecule has 1 aromatic heterocycles. The molecule has 0 spiro atoms. The first-order valence-electron chi connectivity index (χ1n) is 5.47. The average molecular weight is 297 g/mol. The van der Waals surface area contributed by atoms with E-state index in [9.17, 15) is 22.1 Å². The number of hydrogen-bond acceptors (Lipinski definition) is 2. The molecule has 0 atom stereocenters. The summed E-state index contributed by atoms with van der Waals surface area (Å²) in [5, 5.41) is 0. The van der Waals surface area contributed by atoms with Crippen LogP contribution in [0.15, 0.2) is 23.1 Å². The Morgan fingerprint density at radius 2 is 1.80 bits per heavy atom. The van der Waals surface area contributed by atoms with E-state index in [4.69, 9.17) is 4.74 Å². The molecule has 0 saturated carbocycles. The molecule has 0 saturated heterocycles. The van der Waals surface area contributed by atoms with Crippen LogP contribution in [-0.2, 0) is 0 Å². The van der Waals surface area contributed by atoms with Crippen molar-refractivity contribution in [1.82, 2.24) is 9.88 Å². The molecule has 0 bridgehead atoms. The van der Waals surface area contributed by atoms with Gasteiger partial charge in [0.25, 0.3) is 5.56 Å². The van der Waals surface area contributed by atoms with E-state index in [0.29, 0.717) is 6.02 Å². The molecule has 20 heavy (non-hydrogen) atoms. The Labute approximate surface area is 113 Å². The van der Waals surface area contributed by atoms with Crippen molar-refractivity contribution >= 4 is 13.3 Å². The van der Waals surface area contributed by atoms with Crippen molar-refractivity contribution in [2.45, 2.75) is 0 Å². The summed E-state index contributed by atoms with van der Waals surface area (Å²) in [6, 6.07) is 3.96. The first-order valence-corrected chi connectivity index (χ1v) is 5.47. The highest BCUT2D eigenvalue weighted by atomic mass is 19.5. The molecule has 1 heterocycles. The van der Waals surface area contributed by atoms with Crippen molar-refractivity contribution in [2.75, 3.05) is 28.2 Å². The maximum Gasteiger partial charge on any atom is 0.673 e. The predicted octanol–water partition coefficient (Wildman–Crippen LogP) is 1.24. The number of ether oxygens (including phenoxy) is 1. The van der Waals surface area contributed by atoms with Crippen LogP contribution in [0.25, 0.3) is 0 Å². The summed E-state index contributed by atoms with van der Waals surface area (Å²) in [5.74, 6) is 0.287. The number of nitrogens with one attached hydrogen (secondary N) is 1. The highest BCUT2D eigenvalue weighted by Crippen LogP contribution is 2.06. The van der Waals surface area contributed by atoms with E-state index in [-0.39, 0.29) is 11.3 Å². The minimum Gasteiger partial charge on any atom is -0.418 e. The Morgan fingerprint density at radius 1 is 1.30 bits per heavy atom. The van der Waals surface area contributed by atoms with Crippen LogP contribution in [0.1, 0.15) is 0 Å². The summed E-state index contributed by atoms with van der Waals surface area (Å²) in [7, 11) is 1.41. The number of pyridine rings is 1. The van der Waals surface area contributed by atoms with Gasteiger partial charge in [-0.15, -0.1) is 0 Å². The number of rotatable bonds is 1. The van der Waals surface area contributed by atoms with Crippen LogP contribution in [0.3, 0.4) is 0 Å². The van der Waals surface area contributed by atoms with Gasteiger partial charge < -0.3 is 27.0 Å². The zero-order valence-corrected chi connectivity index (χ0v) is 11.5. The summed E-state index contributed by atoms with van der Waals surface area (Å²) in [6.07, 6.45) is 1.57. The molecular formula is C10H16BF4N3O2. The van der Waals surface area contributed by atoms with Crippen LogP contribution in [0.4, 0.5) is 17.3 Å². The van der Waals surface area contributed by atoms with Crippen LogP contribution in [-0.4, -0.2) is 55.9 Å². The van der Waals surface area contributed by atoms with Gasteiger partial charge in [-0.1, -0.05) is 0 Å². The third-order valence-corrected chi connectivity index (χ3v) is 1.75. The predicted molar refractivity (Wildman–Crippen MR) is 68.7 cm³/mol. The standard InChI is InChI=1S/C10H15N3O2.BF4/c1-12(2)10(13(3)4)15-8-6-5-7-11-9(8)14;2-1(3,4)5/h5-7H,1-4H3;/q;-1/p+1. The molecule has 5 nitrogen and oxygen atoms in total. The van der Waals surface area contributed by atoms with Crippen LogP contribution in [0.2, 0.25) is 0 Å². The highest BCUT2D eigenvalue weighted by molar-refractivity contribution is 6.50. The van der Waals surface area contributed by atoms with E-state index in [1.54, 1.807) is 27.8 Å². The SMILES string of the molecule is CN(C)C(Oc1ccc[nH]c1=O)=[N+](C)C.F[B-](F)(F)F. The van der Waals surface area contributed by atoms with Crippen molar-refractivity contribution in [2.24, 2.45) is 0 Å². The Morgan fingerprint density at radius 3 is 2.15 bits per heavy atom. The molecule has 1 aromatic rings. The fourth-order valence-electron chi connectivity index (χ4n) is 1.17. The lowest BCUT2D eigenvalue weighted by atomic mass is 10.3. The second-order valence-electron chi connectivity index (χ2n) is 4.03. The number of halogens is 4. The summed E-state index contributed by atoms with van der Waals surface area (Å²) < 4.78 is 46.3. The first-order chi connectivity index (χ1) is 9.02. The first kappa shape index (κ1) is 18.0. The molecule has 0 aromatic carbocycles. The molecule has 0 radical (unpaired) electrons. The van der Waals surface area contributed by atoms with E-state index in [1.807, 2.05) is 28.2 Å². The number of H-pyrrole nitrogens is 1. The summed E-state index contributed by atoms with van der Waals surface area (Å²) in [6.45, 7) is 0. The number of amidine groups is 1. The largest absolute Gasteiger partial charge is 0.673 e. The van der Waals surface area contributed by atoms with Gasteiger partial charge >= 0.3 is 13.3 Å². The van der Waals surface area contributed by atoms with Gasteiger partial charge in [-0.25, -0.2) is 9.48 Å². The smallest absolute Gasteiger partial charge is 0.418 e. The van der Waals surface area contributed by atoms with Crippen molar-refractivity contribution in [1.29, 1.82) is 0 Å². The van der Waals surface area contributed by atoms with E-state index >= 15 is 0 Å². The Hall–Kier alpha value is -2.00. The lowest BCUT2D eigenvalue weighted by molar-refractivity contribution is -0.478. The van der Waals surface area contributed by atoms with E-state index < -0.39 is 7.25 Å². The summed E-state index contributed by atoms with van der Waals surface area (Å²) >= 11 is 0. The van der Waals surface area contributed by atoms with Gasteiger partial charge in [0.1, 0.15) is 0 Å². The van der Waals surface area contributed by atoms with Gasteiger partial charge in [-0.05, 0) is 12.1 Å². The molecular weight excluding hydrogens is 281 g/mol. The van der Waals surface area contributed by atoms with Crippen molar-refractivity contribution < 1.29 is 26.6 Å². The van der Waals surface area contributed by atoms with Gasteiger partial charge in [-0.2, -0.15) is 0 Å². The maximum atomic E-state index is 11.4. The third-order valence-electron chi connectivity index (χ3n) is 1.75. The van der Waals surface area contributed by atoms with Gasteiger partial charge in [0.15, 0.2) is 5.75 Å². The highest BCUT2D eigenvalue weighted by Gasteiger charge is 2.20. The minimum absolute atomic E-state index is 0.237. The van der Waals surface area contributed by atoms with Crippen molar-refractivity contribution in [3.63, 3.8) is 0 Å². The Bertz CT molecular complexity index is 504. The lowest BCUT2D eigenvalue weighted by Crippen LogP contribution is -2.35. The van der Waals surface area contributed by atoms with Crippen molar-refractivity contribution in [3.8, 4) is 5.75 Å². The second-order valence-corrected chi connectivity index (χ2v) is 4.03. The third kappa shape index (κ3) is 8.17. The van der Waals surface area contributed by atoms with Crippen LogP contribution in [0, 0.1) is 0 Å². The molecule has 0 aliphatic carbocycles. The Kier molecular flexibility index (Phi) is 6.81. The molecule has 1 rings (SSSR count). The molecule has 0 unspecified atom stereocenters. The van der Waals surface area contributed by atoms with Crippen LogP contribution >= 0.6 is 0 Å². The zero-order chi connectivity index (χ0) is 15.9. The molecule has 1 N–H and O–H groups in total.